The van der Waals surface area contributed by atoms with Crippen molar-refractivity contribution in [2.75, 3.05) is 0 Å². The molecule has 3 heteroatoms. The molecule has 2 aromatic carbocycles. The first-order chi connectivity index (χ1) is 8.15. The summed E-state index contributed by atoms with van der Waals surface area (Å²) in [6.07, 6.45) is 0. The van der Waals surface area contributed by atoms with Crippen molar-refractivity contribution in [3.05, 3.63) is 59.4 Å². The molecule has 17 heavy (non-hydrogen) atoms. The third kappa shape index (κ3) is 2.97. The second-order valence-corrected chi connectivity index (χ2v) is 3.89. The maximum atomic E-state index is 12.8. The normalized spacial score (nSPS) is 10.2. The number of rotatable bonds is 3. The van der Waals surface area contributed by atoms with Gasteiger partial charge in [-0.2, -0.15) is 0 Å². The van der Waals surface area contributed by atoms with Crippen molar-refractivity contribution in [1.82, 2.24) is 0 Å². The van der Waals surface area contributed by atoms with Crippen LogP contribution < -0.4 is 4.74 Å². The van der Waals surface area contributed by atoms with Crippen LogP contribution in [0.3, 0.4) is 0 Å². The molecule has 0 aliphatic carbocycles. The molecule has 2 aromatic rings. The summed E-state index contributed by atoms with van der Waals surface area (Å²) in [5.74, 6) is -0.224. The summed E-state index contributed by atoms with van der Waals surface area (Å²) in [5, 5.41) is 9.20. The SMILES string of the molecule is Cc1ccc(OCc2ccc(F)c(O)c2)cc1. The molecule has 0 saturated heterocycles. The van der Waals surface area contributed by atoms with Crippen LogP contribution in [-0.4, -0.2) is 5.11 Å². The molecule has 0 atom stereocenters. The zero-order valence-corrected chi connectivity index (χ0v) is 9.48. The van der Waals surface area contributed by atoms with E-state index in [1.807, 2.05) is 31.2 Å². The van der Waals surface area contributed by atoms with Gasteiger partial charge in [-0.15, -0.1) is 0 Å². The maximum Gasteiger partial charge on any atom is 0.164 e. The Labute approximate surface area is 99.3 Å². The number of benzene rings is 2. The van der Waals surface area contributed by atoms with Gasteiger partial charge in [0.15, 0.2) is 11.6 Å². The van der Waals surface area contributed by atoms with E-state index in [0.717, 1.165) is 16.9 Å². The van der Waals surface area contributed by atoms with Gasteiger partial charge in [-0.25, -0.2) is 4.39 Å². The molecule has 0 bridgehead atoms. The summed E-state index contributed by atoms with van der Waals surface area (Å²) in [6, 6.07) is 11.8. The monoisotopic (exact) mass is 232 g/mol. The molecule has 2 nitrogen and oxygen atoms in total. The smallest absolute Gasteiger partial charge is 0.164 e. The standard InChI is InChI=1S/C14H13FO2/c1-10-2-5-12(6-3-10)17-9-11-4-7-13(15)14(16)8-11/h2-8,16H,9H2,1H3. The first-order valence-electron chi connectivity index (χ1n) is 5.32. The number of phenolic OH excluding ortho intramolecular Hbond substituents is 1. The lowest BCUT2D eigenvalue weighted by Crippen LogP contribution is -1.95. The van der Waals surface area contributed by atoms with Crippen LogP contribution in [0.5, 0.6) is 11.5 Å². The number of aryl methyl sites for hydroxylation is 1. The third-order valence-corrected chi connectivity index (χ3v) is 2.44. The Kier molecular flexibility index (Phi) is 3.28. The van der Waals surface area contributed by atoms with E-state index in [9.17, 15) is 9.50 Å². The van der Waals surface area contributed by atoms with Crippen LogP contribution in [-0.2, 0) is 6.61 Å². The van der Waals surface area contributed by atoms with Crippen LogP contribution >= 0.6 is 0 Å². The number of ether oxygens (including phenoxy) is 1. The second-order valence-electron chi connectivity index (χ2n) is 3.89. The van der Waals surface area contributed by atoms with Crippen molar-refractivity contribution < 1.29 is 14.2 Å². The Bertz CT molecular complexity index is 506. The number of halogens is 1. The predicted octanol–water partition coefficient (Wildman–Crippen LogP) is 3.42. The molecule has 88 valence electrons. The zero-order valence-electron chi connectivity index (χ0n) is 9.48. The Morgan fingerprint density at radius 3 is 2.47 bits per heavy atom. The predicted molar refractivity (Wildman–Crippen MR) is 63.6 cm³/mol. The minimum atomic E-state index is -0.621. The molecule has 0 heterocycles. The third-order valence-electron chi connectivity index (χ3n) is 2.44. The van der Waals surface area contributed by atoms with Gasteiger partial charge in [-0.05, 0) is 36.8 Å². The van der Waals surface area contributed by atoms with Gasteiger partial charge in [0.2, 0.25) is 0 Å². The van der Waals surface area contributed by atoms with E-state index in [-0.39, 0.29) is 5.75 Å². The van der Waals surface area contributed by atoms with Gasteiger partial charge in [-0.3, -0.25) is 0 Å². The minimum absolute atomic E-state index is 0.302. The number of hydrogen-bond acceptors (Lipinski definition) is 2. The summed E-state index contributed by atoms with van der Waals surface area (Å²) in [5.41, 5.74) is 1.89. The van der Waals surface area contributed by atoms with Crippen molar-refractivity contribution >= 4 is 0 Å². The molecule has 0 amide bonds. The minimum Gasteiger partial charge on any atom is -0.505 e. The van der Waals surface area contributed by atoms with Gasteiger partial charge in [0.25, 0.3) is 0 Å². The van der Waals surface area contributed by atoms with Crippen LogP contribution in [0.15, 0.2) is 42.5 Å². The average molecular weight is 232 g/mol. The van der Waals surface area contributed by atoms with Gasteiger partial charge >= 0.3 is 0 Å². The van der Waals surface area contributed by atoms with Gasteiger partial charge in [-0.1, -0.05) is 23.8 Å². The summed E-state index contributed by atoms with van der Waals surface area (Å²) >= 11 is 0. The highest BCUT2D eigenvalue weighted by Gasteiger charge is 2.02. The molecule has 0 fully saturated rings. The average Bonchev–Trinajstić information content (AvgIpc) is 2.33. The number of phenols is 1. The van der Waals surface area contributed by atoms with Crippen LogP contribution in [0.25, 0.3) is 0 Å². The molecular formula is C14H13FO2. The second kappa shape index (κ2) is 4.87. The number of aromatic hydroxyl groups is 1. The van der Waals surface area contributed by atoms with E-state index in [0.29, 0.717) is 6.61 Å². The maximum absolute atomic E-state index is 12.8. The van der Waals surface area contributed by atoms with Gasteiger partial charge in [0.1, 0.15) is 12.4 Å². The van der Waals surface area contributed by atoms with Crippen LogP contribution in [0, 0.1) is 12.7 Å². The van der Waals surface area contributed by atoms with Crippen LogP contribution in [0.1, 0.15) is 11.1 Å². The van der Waals surface area contributed by atoms with Gasteiger partial charge < -0.3 is 9.84 Å². The first kappa shape index (κ1) is 11.5. The Balaban J connectivity index is 2.02. The van der Waals surface area contributed by atoms with Gasteiger partial charge in [0, 0.05) is 0 Å². The van der Waals surface area contributed by atoms with Crippen molar-refractivity contribution in [3.63, 3.8) is 0 Å². The molecule has 2 rings (SSSR count). The summed E-state index contributed by atoms with van der Waals surface area (Å²) in [4.78, 5) is 0. The van der Waals surface area contributed by atoms with Crippen molar-refractivity contribution in [3.8, 4) is 11.5 Å². The molecular weight excluding hydrogens is 219 g/mol. The fraction of sp³-hybridized carbons (Fsp3) is 0.143. The largest absolute Gasteiger partial charge is 0.505 e. The first-order valence-corrected chi connectivity index (χ1v) is 5.32. The molecule has 0 radical (unpaired) electrons. The molecule has 0 aliphatic heterocycles. The number of hydrogen-bond donors (Lipinski definition) is 1. The molecule has 0 spiro atoms. The Hall–Kier alpha value is -2.03. The zero-order chi connectivity index (χ0) is 12.3. The van der Waals surface area contributed by atoms with E-state index >= 15 is 0 Å². The van der Waals surface area contributed by atoms with E-state index in [1.165, 1.54) is 12.1 Å². The Morgan fingerprint density at radius 2 is 1.82 bits per heavy atom. The molecule has 0 aromatic heterocycles. The van der Waals surface area contributed by atoms with Crippen LogP contribution in [0.2, 0.25) is 0 Å². The van der Waals surface area contributed by atoms with Crippen LogP contribution in [0.4, 0.5) is 4.39 Å². The molecule has 0 unspecified atom stereocenters. The highest BCUT2D eigenvalue weighted by atomic mass is 19.1. The van der Waals surface area contributed by atoms with E-state index in [2.05, 4.69) is 0 Å². The highest BCUT2D eigenvalue weighted by Crippen LogP contribution is 2.19. The van der Waals surface area contributed by atoms with E-state index in [4.69, 9.17) is 4.74 Å². The van der Waals surface area contributed by atoms with Gasteiger partial charge in [0.05, 0.1) is 0 Å². The lowest BCUT2D eigenvalue weighted by Gasteiger charge is -2.07. The summed E-state index contributed by atoms with van der Waals surface area (Å²) in [6.45, 7) is 2.30. The van der Waals surface area contributed by atoms with E-state index < -0.39 is 5.82 Å². The summed E-state index contributed by atoms with van der Waals surface area (Å²) < 4.78 is 18.3. The molecule has 0 aliphatic rings. The molecule has 1 N–H and O–H groups in total. The quantitative estimate of drug-likeness (QED) is 0.878. The fourth-order valence-electron chi connectivity index (χ4n) is 1.45. The fourth-order valence-corrected chi connectivity index (χ4v) is 1.45. The lowest BCUT2D eigenvalue weighted by atomic mass is 10.2. The van der Waals surface area contributed by atoms with Crippen molar-refractivity contribution in [2.45, 2.75) is 13.5 Å². The Morgan fingerprint density at radius 1 is 1.12 bits per heavy atom. The summed E-state index contributed by atoms with van der Waals surface area (Å²) in [7, 11) is 0. The van der Waals surface area contributed by atoms with E-state index in [1.54, 1.807) is 6.07 Å². The topological polar surface area (TPSA) is 29.5 Å². The van der Waals surface area contributed by atoms with Crippen molar-refractivity contribution in [1.29, 1.82) is 0 Å². The molecule has 0 saturated carbocycles. The lowest BCUT2D eigenvalue weighted by molar-refractivity contribution is 0.305. The van der Waals surface area contributed by atoms with Crippen molar-refractivity contribution in [2.24, 2.45) is 0 Å². The highest BCUT2D eigenvalue weighted by molar-refractivity contribution is 5.30.